The Morgan fingerprint density at radius 2 is 1.87 bits per heavy atom. The van der Waals surface area contributed by atoms with Crippen LogP contribution in [-0.2, 0) is 9.84 Å². The van der Waals surface area contributed by atoms with Gasteiger partial charge >= 0.3 is 0 Å². The highest BCUT2D eigenvalue weighted by Gasteiger charge is 2.47. The van der Waals surface area contributed by atoms with Gasteiger partial charge in [-0.25, -0.2) is 8.42 Å². The molecule has 1 unspecified atom stereocenters. The lowest BCUT2D eigenvalue weighted by atomic mass is 10.1. The van der Waals surface area contributed by atoms with E-state index in [9.17, 15) is 8.42 Å². The van der Waals surface area contributed by atoms with Gasteiger partial charge in [0.2, 0.25) is 0 Å². The highest BCUT2D eigenvalue weighted by atomic mass is 32.2. The van der Waals surface area contributed by atoms with E-state index in [2.05, 4.69) is 0 Å². The van der Waals surface area contributed by atoms with Crippen LogP contribution in [0.3, 0.4) is 0 Å². The van der Waals surface area contributed by atoms with Crippen molar-refractivity contribution in [2.75, 3.05) is 0 Å². The van der Waals surface area contributed by atoms with Gasteiger partial charge in [0.05, 0.1) is 0 Å². The number of benzene rings is 1. The number of sulfone groups is 1. The predicted molar refractivity (Wildman–Crippen MR) is 57.8 cm³/mol. The molecule has 1 aliphatic rings. The summed E-state index contributed by atoms with van der Waals surface area (Å²) in [7, 11) is -3.29. The number of hydrogen-bond acceptors (Lipinski definition) is 3. The van der Waals surface area contributed by atoms with Gasteiger partial charge in [0.1, 0.15) is 21.5 Å². The van der Waals surface area contributed by atoms with E-state index in [4.69, 9.17) is 4.74 Å². The van der Waals surface area contributed by atoms with Crippen molar-refractivity contribution < 1.29 is 13.2 Å². The molecule has 0 radical (unpaired) electrons. The zero-order valence-corrected chi connectivity index (χ0v) is 9.84. The maximum absolute atomic E-state index is 12.3. The Balaban J connectivity index is 2.73. The summed E-state index contributed by atoms with van der Waals surface area (Å²) in [6.07, 6.45) is -0.336. The molecule has 0 aromatic heterocycles. The normalized spacial score (nSPS) is 26.5. The lowest BCUT2D eigenvalue weighted by Gasteiger charge is -2.36. The van der Waals surface area contributed by atoms with Crippen LogP contribution in [0.2, 0.25) is 0 Å². The Morgan fingerprint density at radius 1 is 1.27 bits per heavy atom. The molecule has 1 aromatic carbocycles. The molecule has 82 valence electrons. The number of hydrogen-bond donors (Lipinski definition) is 0. The van der Waals surface area contributed by atoms with Crippen LogP contribution in [0.5, 0.6) is 5.75 Å². The molecule has 1 aliphatic heterocycles. The molecule has 4 heteroatoms. The van der Waals surface area contributed by atoms with Crippen LogP contribution in [-0.4, -0.2) is 19.3 Å². The molecular weight excluding hydrogens is 212 g/mol. The Labute approximate surface area is 90.0 Å². The molecular formula is C11H14O3S. The van der Waals surface area contributed by atoms with Gasteiger partial charge in [-0.2, -0.15) is 0 Å². The molecule has 0 saturated heterocycles. The van der Waals surface area contributed by atoms with Crippen LogP contribution in [0.4, 0.5) is 0 Å². The SMILES string of the molecule is CC1Oc2ccccc2S(=O)(=O)C1(C)C. The maximum Gasteiger partial charge on any atom is 0.190 e. The van der Waals surface area contributed by atoms with Crippen LogP contribution in [0.1, 0.15) is 20.8 Å². The standard InChI is InChI=1S/C11H14O3S/c1-8-11(2,3)15(12,13)10-7-5-4-6-9(10)14-8/h4-8H,1-3H3. The van der Waals surface area contributed by atoms with E-state index in [1.807, 2.05) is 0 Å². The average Bonchev–Trinajstić information content (AvgIpc) is 2.16. The first-order valence-electron chi connectivity index (χ1n) is 4.87. The van der Waals surface area contributed by atoms with Gasteiger partial charge in [0.25, 0.3) is 0 Å². The van der Waals surface area contributed by atoms with E-state index in [0.29, 0.717) is 10.6 Å². The van der Waals surface area contributed by atoms with E-state index in [-0.39, 0.29) is 6.10 Å². The Bertz CT molecular complexity index is 488. The van der Waals surface area contributed by atoms with Crippen molar-refractivity contribution in [2.45, 2.75) is 36.5 Å². The monoisotopic (exact) mass is 226 g/mol. The first kappa shape index (κ1) is 10.5. The zero-order chi connectivity index (χ0) is 11.3. The molecule has 1 heterocycles. The summed E-state index contributed by atoms with van der Waals surface area (Å²) in [5, 5.41) is 0. The second-order valence-electron chi connectivity index (χ2n) is 4.31. The molecule has 1 atom stereocenters. The van der Waals surface area contributed by atoms with Gasteiger partial charge in [-0.05, 0) is 32.9 Å². The van der Waals surface area contributed by atoms with Gasteiger partial charge in [0, 0.05) is 0 Å². The number of ether oxygens (including phenoxy) is 1. The molecule has 0 saturated carbocycles. The molecule has 0 aliphatic carbocycles. The number of fused-ring (bicyclic) bond motifs is 1. The fourth-order valence-corrected chi connectivity index (χ4v) is 3.29. The minimum Gasteiger partial charge on any atom is -0.488 e. The van der Waals surface area contributed by atoms with Crippen LogP contribution < -0.4 is 4.74 Å². The van der Waals surface area contributed by atoms with Gasteiger partial charge in [-0.1, -0.05) is 12.1 Å². The highest BCUT2D eigenvalue weighted by molar-refractivity contribution is 7.93. The minimum absolute atomic E-state index is 0.299. The summed E-state index contributed by atoms with van der Waals surface area (Å²) in [5.41, 5.74) is 0. The summed E-state index contributed by atoms with van der Waals surface area (Å²) in [6, 6.07) is 6.78. The van der Waals surface area contributed by atoms with Crippen molar-refractivity contribution in [3.8, 4) is 5.75 Å². The number of para-hydroxylation sites is 1. The first-order valence-corrected chi connectivity index (χ1v) is 6.36. The van der Waals surface area contributed by atoms with Crippen molar-refractivity contribution in [2.24, 2.45) is 0 Å². The largest absolute Gasteiger partial charge is 0.488 e. The third kappa shape index (κ3) is 1.28. The van der Waals surface area contributed by atoms with Crippen molar-refractivity contribution in [1.29, 1.82) is 0 Å². The topological polar surface area (TPSA) is 43.4 Å². The fourth-order valence-electron chi connectivity index (χ4n) is 1.60. The third-order valence-electron chi connectivity index (χ3n) is 3.11. The van der Waals surface area contributed by atoms with Crippen molar-refractivity contribution >= 4 is 9.84 Å². The fraction of sp³-hybridized carbons (Fsp3) is 0.455. The van der Waals surface area contributed by atoms with Gasteiger partial charge in [0.15, 0.2) is 9.84 Å². The zero-order valence-electron chi connectivity index (χ0n) is 9.02. The smallest absolute Gasteiger partial charge is 0.190 e. The van der Waals surface area contributed by atoms with Crippen LogP contribution >= 0.6 is 0 Å². The summed E-state index contributed by atoms with van der Waals surface area (Å²) < 4.78 is 29.2. The third-order valence-corrected chi connectivity index (χ3v) is 5.75. The minimum atomic E-state index is -3.29. The summed E-state index contributed by atoms with van der Waals surface area (Å²) >= 11 is 0. The summed E-state index contributed by atoms with van der Waals surface area (Å²) in [4.78, 5) is 0.299. The van der Waals surface area contributed by atoms with Crippen molar-refractivity contribution in [3.63, 3.8) is 0 Å². The van der Waals surface area contributed by atoms with Crippen molar-refractivity contribution in [3.05, 3.63) is 24.3 Å². The quantitative estimate of drug-likeness (QED) is 0.679. The maximum atomic E-state index is 12.3. The molecule has 0 fully saturated rings. The summed E-state index contributed by atoms with van der Waals surface area (Å²) in [5.74, 6) is 0.462. The van der Waals surface area contributed by atoms with E-state index < -0.39 is 14.6 Å². The molecule has 0 amide bonds. The highest BCUT2D eigenvalue weighted by Crippen LogP contribution is 2.40. The lowest BCUT2D eigenvalue weighted by Crippen LogP contribution is -2.48. The Kier molecular flexibility index (Phi) is 2.08. The van der Waals surface area contributed by atoms with Crippen LogP contribution in [0, 0.1) is 0 Å². The molecule has 1 aromatic rings. The van der Waals surface area contributed by atoms with Crippen LogP contribution in [0.15, 0.2) is 29.2 Å². The van der Waals surface area contributed by atoms with Gasteiger partial charge in [-0.3, -0.25) is 0 Å². The Hall–Kier alpha value is -1.03. The Morgan fingerprint density at radius 3 is 2.53 bits per heavy atom. The first-order chi connectivity index (χ1) is 6.87. The van der Waals surface area contributed by atoms with Crippen LogP contribution in [0.25, 0.3) is 0 Å². The van der Waals surface area contributed by atoms with Gasteiger partial charge < -0.3 is 4.74 Å². The molecule has 2 rings (SSSR count). The average molecular weight is 226 g/mol. The van der Waals surface area contributed by atoms with E-state index >= 15 is 0 Å². The second kappa shape index (κ2) is 2.98. The van der Waals surface area contributed by atoms with Gasteiger partial charge in [-0.15, -0.1) is 0 Å². The molecule has 15 heavy (non-hydrogen) atoms. The molecule has 0 bridgehead atoms. The van der Waals surface area contributed by atoms with Crippen molar-refractivity contribution in [1.82, 2.24) is 0 Å². The lowest BCUT2D eigenvalue weighted by molar-refractivity contribution is 0.167. The number of rotatable bonds is 0. The predicted octanol–water partition coefficient (Wildman–Crippen LogP) is 2.02. The van der Waals surface area contributed by atoms with E-state index in [1.165, 1.54) is 0 Å². The van der Waals surface area contributed by atoms with E-state index in [1.54, 1.807) is 45.0 Å². The molecule has 3 nitrogen and oxygen atoms in total. The summed E-state index contributed by atoms with van der Waals surface area (Å²) in [6.45, 7) is 5.18. The molecule has 0 N–H and O–H groups in total. The second-order valence-corrected chi connectivity index (χ2v) is 6.81. The molecule has 0 spiro atoms. The van der Waals surface area contributed by atoms with E-state index in [0.717, 1.165) is 0 Å².